The molecule has 1 saturated heterocycles. The Morgan fingerprint density at radius 2 is 1.91 bits per heavy atom. The van der Waals surface area contributed by atoms with Crippen LogP contribution in [0.25, 0.3) is 0 Å². The van der Waals surface area contributed by atoms with Crippen LogP contribution in [0.15, 0.2) is 0 Å². The summed E-state index contributed by atoms with van der Waals surface area (Å²) in [6, 6.07) is 0. The molecule has 3 nitrogen and oxygen atoms in total. The summed E-state index contributed by atoms with van der Waals surface area (Å²) in [6.45, 7) is 1.45. The fourth-order valence-electron chi connectivity index (χ4n) is 0.907. The summed E-state index contributed by atoms with van der Waals surface area (Å²) in [4.78, 5) is 7.19. The van der Waals surface area contributed by atoms with Crippen LogP contribution < -0.4 is 0 Å². The van der Waals surface area contributed by atoms with Crippen LogP contribution in [0.2, 0.25) is 0 Å². The standard InChI is InChI=1S/C6H12Cl2N2O/c1-9-3-4-11-10(2)6(8)5(9)7/h5-6H,3-4H2,1-2H3. The molecule has 11 heavy (non-hydrogen) atoms. The van der Waals surface area contributed by atoms with Gasteiger partial charge < -0.3 is 0 Å². The van der Waals surface area contributed by atoms with Crippen LogP contribution in [0.4, 0.5) is 0 Å². The second-order valence-corrected chi connectivity index (χ2v) is 3.50. The zero-order chi connectivity index (χ0) is 8.43. The van der Waals surface area contributed by atoms with Crippen LogP contribution in [-0.2, 0) is 4.84 Å². The summed E-state index contributed by atoms with van der Waals surface area (Å²) in [5.41, 5.74) is -0.478. The quantitative estimate of drug-likeness (QED) is 0.426. The van der Waals surface area contributed by atoms with Gasteiger partial charge in [0.05, 0.1) is 6.61 Å². The molecule has 66 valence electrons. The average molecular weight is 199 g/mol. The predicted octanol–water partition coefficient (Wildman–Crippen LogP) is 0.925. The molecule has 1 rings (SSSR count). The molecule has 0 spiro atoms. The van der Waals surface area contributed by atoms with E-state index in [0.29, 0.717) is 6.61 Å². The highest BCUT2D eigenvalue weighted by Gasteiger charge is 2.28. The fraction of sp³-hybridized carbons (Fsp3) is 1.00. The topological polar surface area (TPSA) is 15.7 Å². The SMILES string of the molecule is CN1CCON(C)C(Cl)C1Cl. The van der Waals surface area contributed by atoms with E-state index in [-0.39, 0.29) is 11.0 Å². The number of rotatable bonds is 0. The third-order valence-corrected chi connectivity index (χ3v) is 2.95. The van der Waals surface area contributed by atoms with Gasteiger partial charge in [0.15, 0.2) is 0 Å². The van der Waals surface area contributed by atoms with Crippen molar-refractivity contribution in [3.8, 4) is 0 Å². The van der Waals surface area contributed by atoms with E-state index in [0.717, 1.165) is 6.54 Å². The van der Waals surface area contributed by atoms with E-state index in [2.05, 4.69) is 0 Å². The van der Waals surface area contributed by atoms with E-state index < -0.39 is 0 Å². The van der Waals surface area contributed by atoms with Crippen LogP contribution in [0.3, 0.4) is 0 Å². The van der Waals surface area contributed by atoms with E-state index in [4.69, 9.17) is 28.0 Å². The first kappa shape index (κ1) is 9.55. The maximum absolute atomic E-state index is 5.99. The van der Waals surface area contributed by atoms with Gasteiger partial charge in [-0.15, -0.1) is 23.2 Å². The molecule has 5 heteroatoms. The Morgan fingerprint density at radius 1 is 1.27 bits per heavy atom. The summed E-state index contributed by atoms with van der Waals surface area (Å²) in [5, 5.41) is 1.59. The van der Waals surface area contributed by atoms with Crippen molar-refractivity contribution >= 4 is 23.2 Å². The van der Waals surface area contributed by atoms with Gasteiger partial charge in [-0.2, -0.15) is 5.06 Å². The molecule has 0 aromatic heterocycles. The molecule has 0 radical (unpaired) electrons. The van der Waals surface area contributed by atoms with Gasteiger partial charge in [0.1, 0.15) is 11.0 Å². The van der Waals surface area contributed by atoms with Gasteiger partial charge >= 0.3 is 0 Å². The highest BCUT2D eigenvalue weighted by molar-refractivity contribution is 6.29. The largest absolute Gasteiger partial charge is 0.296 e. The van der Waals surface area contributed by atoms with E-state index in [1.54, 1.807) is 12.1 Å². The number of alkyl halides is 2. The molecule has 1 aliphatic heterocycles. The summed E-state index contributed by atoms with van der Waals surface area (Å²) in [7, 11) is 3.71. The monoisotopic (exact) mass is 198 g/mol. The van der Waals surface area contributed by atoms with Crippen molar-refractivity contribution in [2.24, 2.45) is 0 Å². The van der Waals surface area contributed by atoms with Crippen molar-refractivity contribution in [1.82, 2.24) is 9.96 Å². The van der Waals surface area contributed by atoms with E-state index >= 15 is 0 Å². The second-order valence-electron chi connectivity index (χ2n) is 2.61. The molecule has 1 fully saturated rings. The lowest BCUT2D eigenvalue weighted by Crippen LogP contribution is -2.39. The van der Waals surface area contributed by atoms with Crippen molar-refractivity contribution in [2.75, 3.05) is 27.2 Å². The van der Waals surface area contributed by atoms with Crippen molar-refractivity contribution in [1.29, 1.82) is 0 Å². The molecule has 0 saturated carbocycles. The zero-order valence-electron chi connectivity index (χ0n) is 6.63. The molecular formula is C6H12Cl2N2O. The maximum atomic E-state index is 5.99. The Balaban J connectivity index is 2.58. The fourth-order valence-corrected chi connectivity index (χ4v) is 1.41. The first-order chi connectivity index (χ1) is 5.13. The molecule has 1 aliphatic rings. The number of hydrogen-bond donors (Lipinski definition) is 0. The van der Waals surface area contributed by atoms with Gasteiger partial charge in [-0.25, -0.2) is 0 Å². The van der Waals surface area contributed by atoms with Crippen LogP contribution in [0.1, 0.15) is 0 Å². The van der Waals surface area contributed by atoms with Gasteiger partial charge in [-0.3, -0.25) is 9.74 Å². The smallest absolute Gasteiger partial charge is 0.138 e. The molecule has 0 aromatic rings. The molecule has 0 aromatic carbocycles. The third kappa shape index (κ3) is 2.20. The van der Waals surface area contributed by atoms with Crippen LogP contribution in [-0.4, -0.2) is 48.2 Å². The molecule has 2 atom stereocenters. The van der Waals surface area contributed by atoms with Crippen molar-refractivity contribution in [2.45, 2.75) is 11.0 Å². The minimum Gasteiger partial charge on any atom is -0.296 e. The lowest BCUT2D eigenvalue weighted by Gasteiger charge is -2.25. The number of hydrogen-bond acceptors (Lipinski definition) is 3. The molecule has 0 amide bonds. The van der Waals surface area contributed by atoms with Crippen molar-refractivity contribution in [3.63, 3.8) is 0 Å². The normalized spacial score (nSPS) is 37.1. The lowest BCUT2D eigenvalue weighted by atomic mass is 10.5. The Bertz CT molecular complexity index is 122. The first-order valence-electron chi connectivity index (χ1n) is 3.47. The summed E-state index contributed by atoms with van der Waals surface area (Å²) >= 11 is 11.9. The second kappa shape index (κ2) is 3.92. The predicted molar refractivity (Wildman–Crippen MR) is 45.6 cm³/mol. The lowest BCUT2D eigenvalue weighted by molar-refractivity contribution is -0.138. The highest BCUT2D eigenvalue weighted by Crippen LogP contribution is 2.19. The van der Waals surface area contributed by atoms with Crippen molar-refractivity contribution < 1.29 is 4.84 Å². The Hall–Kier alpha value is 0.460. The maximum Gasteiger partial charge on any atom is 0.138 e. The number of halogens is 2. The minimum atomic E-state index is -0.288. The Labute approximate surface area is 76.8 Å². The van der Waals surface area contributed by atoms with Gasteiger partial charge in [0.25, 0.3) is 0 Å². The first-order valence-corrected chi connectivity index (χ1v) is 4.34. The Morgan fingerprint density at radius 3 is 2.55 bits per heavy atom. The minimum absolute atomic E-state index is 0.191. The summed E-state index contributed by atoms with van der Waals surface area (Å²) in [5.74, 6) is 0. The number of hydroxylamine groups is 2. The van der Waals surface area contributed by atoms with Crippen LogP contribution in [0.5, 0.6) is 0 Å². The average Bonchev–Trinajstić information content (AvgIpc) is 2.07. The number of likely N-dealkylation sites (N-methyl/N-ethyl adjacent to an activating group) is 2. The van der Waals surface area contributed by atoms with Gasteiger partial charge in [-0.1, -0.05) is 0 Å². The molecular weight excluding hydrogens is 187 g/mol. The van der Waals surface area contributed by atoms with Crippen LogP contribution >= 0.6 is 23.2 Å². The summed E-state index contributed by atoms with van der Waals surface area (Å²) in [6.07, 6.45) is 0. The van der Waals surface area contributed by atoms with Gasteiger partial charge in [0, 0.05) is 13.6 Å². The van der Waals surface area contributed by atoms with E-state index in [1.165, 1.54) is 0 Å². The summed E-state index contributed by atoms with van der Waals surface area (Å²) < 4.78 is 0. The van der Waals surface area contributed by atoms with Crippen molar-refractivity contribution in [3.05, 3.63) is 0 Å². The molecule has 0 bridgehead atoms. The molecule has 0 aliphatic carbocycles. The Kier molecular flexibility index (Phi) is 3.40. The van der Waals surface area contributed by atoms with Crippen LogP contribution in [0, 0.1) is 0 Å². The van der Waals surface area contributed by atoms with E-state index in [1.807, 2.05) is 11.9 Å². The highest BCUT2D eigenvalue weighted by atomic mass is 35.5. The van der Waals surface area contributed by atoms with Gasteiger partial charge in [0.2, 0.25) is 0 Å². The van der Waals surface area contributed by atoms with E-state index in [9.17, 15) is 0 Å². The zero-order valence-corrected chi connectivity index (χ0v) is 8.14. The molecule has 1 heterocycles. The third-order valence-electron chi connectivity index (χ3n) is 1.73. The number of nitrogens with zero attached hydrogens (tertiary/aromatic N) is 2. The molecule has 0 N–H and O–H groups in total. The van der Waals surface area contributed by atoms with Gasteiger partial charge in [-0.05, 0) is 7.05 Å². The molecule has 2 unspecified atom stereocenters.